The number of carbonyl (C=O) groups is 3. The lowest BCUT2D eigenvalue weighted by molar-refractivity contribution is -0.159. The van der Waals surface area contributed by atoms with Gasteiger partial charge in [0.1, 0.15) is 0 Å². The maximum atomic E-state index is 12.6. The van der Waals surface area contributed by atoms with Crippen LogP contribution in [0.2, 0.25) is 0 Å². The number of ether oxygens (including phenoxy) is 1. The fraction of sp³-hybridized carbons (Fsp3) is 0.526. The molecule has 0 unspecified atom stereocenters. The maximum Gasteiger partial charge on any atom is 0.319 e. The van der Waals surface area contributed by atoms with Crippen molar-refractivity contribution in [3.63, 3.8) is 0 Å². The van der Waals surface area contributed by atoms with Crippen molar-refractivity contribution in [2.24, 2.45) is 0 Å². The molecule has 1 aromatic rings. The first-order valence-corrected chi connectivity index (χ1v) is 11.3. The number of anilines is 1. The Bertz CT molecular complexity index is 828. The zero-order valence-corrected chi connectivity index (χ0v) is 17.4. The summed E-state index contributed by atoms with van der Waals surface area (Å²) in [5.74, 6) is -1.04. The first-order valence-electron chi connectivity index (χ1n) is 9.52. The Morgan fingerprint density at radius 2 is 1.93 bits per heavy atom. The van der Waals surface area contributed by atoms with Crippen LogP contribution in [0.3, 0.4) is 0 Å². The Balaban J connectivity index is 1.74. The second-order valence-corrected chi connectivity index (χ2v) is 9.04. The molecule has 0 aromatic heterocycles. The van der Waals surface area contributed by atoms with Crippen molar-refractivity contribution in [1.29, 1.82) is 0 Å². The van der Waals surface area contributed by atoms with E-state index in [1.807, 2.05) is 6.07 Å². The van der Waals surface area contributed by atoms with Crippen LogP contribution < -0.4 is 10.6 Å². The zero-order chi connectivity index (χ0) is 21.4. The molecule has 0 spiro atoms. The monoisotopic (exact) mass is 425 g/mol. The van der Waals surface area contributed by atoms with Crippen LogP contribution in [0, 0.1) is 0 Å². The average Bonchev–Trinajstić information content (AvgIpc) is 3.02. The van der Waals surface area contributed by atoms with E-state index < -0.39 is 33.8 Å². The van der Waals surface area contributed by atoms with Crippen molar-refractivity contribution in [3.05, 3.63) is 30.3 Å². The normalized spacial score (nSPS) is 18.5. The number of nitrogens with zero attached hydrogens (tertiary/aromatic N) is 1. The van der Waals surface area contributed by atoms with Crippen molar-refractivity contribution < 1.29 is 27.5 Å². The molecular weight excluding hydrogens is 398 g/mol. The third kappa shape index (κ3) is 7.04. The molecule has 1 aliphatic rings. The van der Waals surface area contributed by atoms with E-state index in [1.165, 1.54) is 11.8 Å². The van der Waals surface area contributed by atoms with Crippen LogP contribution in [-0.2, 0) is 24.2 Å². The first-order chi connectivity index (χ1) is 13.7. The summed E-state index contributed by atoms with van der Waals surface area (Å²) in [5, 5.41) is 5.16. The number of para-hydroxylation sites is 1. The van der Waals surface area contributed by atoms with Crippen molar-refractivity contribution in [3.8, 4) is 0 Å². The number of nitrogens with one attached hydrogen (secondary N) is 2. The number of esters is 1. The average molecular weight is 426 g/mol. The van der Waals surface area contributed by atoms with Crippen molar-refractivity contribution >= 4 is 33.4 Å². The molecule has 0 saturated carbocycles. The van der Waals surface area contributed by atoms with Gasteiger partial charge in [-0.2, -0.15) is 0 Å². The molecular formula is C19H27N3O6S. The summed E-state index contributed by atoms with van der Waals surface area (Å²) < 4.78 is 28.5. The van der Waals surface area contributed by atoms with E-state index >= 15 is 0 Å². The lowest BCUT2D eigenvalue weighted by Gasteiger charge is -2.29. The van der Waals surface area contributed by atoms with E-state index in [9.17, 15) is 22.8 Å². The van der Waals surface area contributed by atoms with Crippen LogP contribution in [0.5, 0.6) is 0 Å². The molecule has 0 radical (unpaired) electrons. The molecule has 9 nitrogen and oxygen atoms in total. The number of likely N-dealkylation sites (N-methyl/N-ethyl adjacent to an activating group) is 1. The Morgan fingerprint density at radius 1 is 1.24 bits per heavy atom. The van der Waals surface area contributed by atoms with E-state index in [4.69, 9.17) is 4.74 Å². The van der Waals surface area contributed by atoms with Crippen LogP contribution in [-0.4, -0.2) is 68.0 Å². The predicted octanol–water partition coefficient (Wildman–Crippen LogP) is 1.17. The largest absolute Gasteiger partial charge is 0.452 e. The highest BCUT2D eigenvalue weighted by Gasteiger charge is 2.36. The number of hydrogen-bond donors (Lipinski definition) is 2. The highest BCUT2D eigenvalue weighted by Crippen LogP contribution is 2.19. The number of amides is 3. The van der Waals surface area contributed by atoms with E-state index in [-0.39, 0.29) is 30.5 Å². The smallest absolute Gasteiger partial charge is 0.319 e. The van der Waals surface area contributed by atoms with Crippen molar-refractivity contribution in [2.45, 2.75) is 38.8 Å². The molecule has 3 amide bonds. The fourth-order valence-electron chi connectivity index (χ4n) is 3.13. The molecule has 1 aliphatic heterocycles. The van der Waals surface area contributed by atoms with Crippen LogP contribution in [0.1, 0.15) is 26.7 Å². The molecule has 2 N–H and O–H groups in total. The minimum Gasteiger partial charge on any atom is -0.452 e. The van der Waals surface area contributed by atoms with Crippen LogP contribution in [0.25, 0.3) is 0 Å². The molecule has 10 heteroatoms. The fourth-order valence-corrected chi connectivity index (χ4v) is 4.86. The molecule has 29 heavy (non-hydrogen) atoms. The topological polar surface area (TPSA) is 122 Å². The number of hydrogen-bond acceptors (Lipinski definition) is 6. The van der Waals surface area contributed by atoms with Gasteiger partial charge in [-0.1, -0.05) is 18.2 Å². The Labute approximate surface area is 170 Å². The summed E-state index contributed by atoms with van der Waals surface area (Å²) in [6.07, 6.45) is -0.726. The lowest BCUT2D eigenvalue weighted by Crippen LogP contribution is -2.46. The summed E-state index contributed by atoms with van der Waals surface area (Å²) in [7, 11) is -3.12. The maximum absolute atomic E-state index is 12.6. The molecule has 1 saturated heterocycles. The minimum atomic E-state index is -3.12. The number of urea groups is 1. The summed E-state index contributed by atoms with van der Waals surface area (Å²) in [5.41, 5.74) is 0.625. The molecule has 0 bridgehead atoms. The molecule has 2 rings (SSSR count). The molecule has 2 atom stereocenters. The SMILES string of the molecule is CCN(C(=O)[C@H](C)OC(=O)CCNC(=O)Nc1ccccc1)[C@@H]1CCS(=O)(=O)C1. The molecule has 0 aliphatic carbocycles. The van der Waals surface area contributed by atoms with Gasteiger partial charge in [-0.15, -0.1) is 0 Å². The quantitative estimate of drug-likeness (QED) is 0.603. The van der Waals surface area contributed by atoms with Gasteiger partial charge < -0.3 is 20.3 Å². The number of benzene rings is 1. The second kappa shape index (κ2) is 10.2. The third-order valence-electron chi connectivity index (χ3n) is 4.58. The minimum absolute atomic E-state index is 0.0524. The number of rotatable bonds is 8. The standard InChI is InChI=1S/C19H27N3O6S/c1-3-22(16-10-12-29(26,27)13-16)18(24)14(2)28-17(23)9-11-20-19(25)21-15-7-5-4-6-8-15/h4-8,14,16H,3,9-13H2,1-2H3,(H2,20,21,25)/t14-,16+/m0/s1. The van der Waals surface area contributed by atoms with E-state index in [1.54, 1.807) is 31.2 Å². The van der Waals surface area contributed by atoms with Crippen LogP contribution in [0.15, 0.2) is 30.3 Å². The summed E-state index contributed by atoms with van der Waals surface area (Å²) in [4.78, 5) is 37.8. The molecule has 1 aromatic carbocycles. The van der Waals surface area contributed by atoms with Crippen LogP contribution >= 0.6 is 0 Å². The summed E-state index contributed by atoms with van der Waals surface area (Å²) in [6.45, 7) is 3.60. The Hall–Kier alpha value is -2.62. The summed E-state index contributed by atoms with van der Waals surface area (Å²) >= 11 is 0. The lowest BCUT2D eigenvalue weighted by atomic mass is 10.2. The zero-order valence-electron chi connectivity index (χ0n) is 16.6. The third-order valence-corrected chi connectivity index (χ3v) is 6.33. The Morgan fingerprint density at radius 3 is 2.52 bits per heavy atom. The van der Waals surface area contributed by atoms with Gasteiger partial charge in [0.15, 0.2) is 15.9 Å². The van der Waals surface area contributed by atoms with Gasteiger partial charge in [0.05, 0.1) is 17.9 Å². The molecule has 1 fully saturated rings. The predicted molar refractivity (Wildman–Crippen MR) is 108 cm³/mol. The highest BCUT2D eigenvalue weighted by molar-refractivity contribution is 7.91. The van der Waals surface area contributed by atoms with Gasteiger partial charge in [0, 0.05) is 24.8 Å². The Kier molecular flexibility index (Phi) is 8.00. The van der Waals surface area contributed by atoms with Gasteiger partial charge in [-0.05, 0) is 32.4 Å². The van der Waals surface area contributed by atoms with Gasteiger partial charge in [-0.3, -0.25) is 9.59 Å². The van der Waals surface area contributed by atoms with E-state index in [0.29, 0.717) is 18.7 Å². The van der Waals surface area contributed by atoms with E-state index in [2.05, 4.69) is 10.6 Å². The first kappa shape index (κ1) is 22.7. The van der Waals surface area contributed by atoms with Gasteiger partial charge in [-0.25, -0.2) is 13.2 Å². The number of sulfone groups is 1. The van der Waals surface area contributed by atoms with Gasteiger partial charge in [0.2, 0.25) is 0 Å². The van der Waals surface area contributed by atoms with Gasteiger partial charge in [0.25, 0.3) is 5.91 Å². The molecule has 160 valence electrons. The molecule has 1 heterocycles. The second-order valence-electron chi connectivity index (χ2n) is 6.81. The van der Waals surface area contributed by atoms with Crippen LogP contribution in [0.4, 0.5) is 10.5 Å². The summed E-state index contributed by atoms with van der Waals surface area (Å²) in [6, 6.07) is 8.02. The van der Waals surface area contributed by atoms with E-state index in [0.717, 1.165) is 0 Å². The highest BCUT2D eigenvalue weighted by atomic mass is 32.2. The van der Waals surface area contributed by atoms with Crippen molar-refractivity contribution in [1.82, 2.24) is 10.2 Å². The van der Waals surface area contributed by atoms with Gasteiger partial charge >= 0.3 is 12.0 Å². The number of carbonyl (C=O) groups excluding carboxylic acids is 3. The van der Waals surface area contributed by atoms with Crippen molar-refractivity contribution in [2.75, 3.05) is 29.9 Å².